The van der Waals surface area contributed by atoms with E-state index in [-0.39, 0.29) is 29.6 Å². The third-order valence-corrected chi connectivity index (χ3v) is 5.12. The number of nitrogens with two attached hydrogens (primary N) is 2. The van der Waals surface area contributed by atoms with E-state index >= 15 is 0 Å². The molecule has 0 radical (unpaired) electrons. The Balaban J connectivity index is 1.77. The van der Waals surface area contributed by atoms with Crippen molar-refractivity contribution in [2.45, 2.75) is 18.8 Å². The van der Waals surface area contributed by atoms with E-state index in [9.17, 15) is 4.79 Å². The number of guanidine groups is 1. The first-order valence-electron chi connectivity index (χ1n) is 7.71. The smallest absolute Gasteiger partial charge is 0.253 e. The molecular weight excluding hydrogens is 278 g/mol. The van der Waals surface area contributed by atoms with E-state index in [0.29, 0.717) is 5.92 Å². The van der Waals surface area contributed by atoms with Crippen molar-refractivity contribution in [3.8, 4) is 5.75 Å². The highest BCUT2D eigenvalue weighted by Crippen LogP contribution is 2.55. The second kappa shape index (κ2) is 4.87. The summed E-state index contributed by atoms with van der Waals surface area (Å²) in [5.74, 6) is 1.23. The highest BCUT2D eigenvalue weighted by Gasteiger charge is 2.49. The third kappa shape index (κ3) is 1.92. The van der Waals surface area contributed by atoms with E-state index in [1.807, 2.05) is 12.1 Å². The zero-order chi connectivity index (χ0) is 15.3. The highest BCUT2D eigenvalue weighted by atomic mass is 16.5. The van der Waals surface area contributed by atoms with Gasteiger partial charge in [0.1, 0.15) is 5.75 Å². The van der Waals surface area contributed by atoms with Gasteiger partial charge in [0.25, 0.3) is 5.91 Å². The van der Waals surface area contributed by atoms with Crippen LogP contribution in [-0.4, -0.2) is 18.5 Å². The number of benzene rings is 1. The summed E-state index contributed by atoms with van der Waals surface area (Å²) < 4.78 is 5.67. The SMILES string of the molecule is NC(N)=NC(=O)[C@H]1C2C=CC(C2)[C@@H]1c1cccc2c1CCO2. The van der Waals surface area contributed by atoms with Gasteiger partial charge in [-0.05, 0) is 29.9 Å². The van der Waals surface area contributed by atoms with Crippen molar-refractivity contribution in [1.82, 2.24) is 0 Å². The predicted molar refractivity (Wildman–Crippen MR) is 83.4 cm³/mol. The van der Waals surface area contributed by atoms with Crippen LogP contribution in [0, 0.1) is 17.8 Å². The number of carbonyl (C=O) groups excluding carboxylic acids is 1. The third-order valence-electron chi connectivity index (χ3n) is 5.12. The van der Waals surface area contributed by atoms with E-state index in [1.54, 1.807) is 0 Å². The molecule has 1 aromatic rings. The van der Waals surface area contributed by atoms with Crippen molar-refractivity contribution in [3.05, 3.63) is 41.5 Å². The van der Waals surface area contributed by atoms with E-state index in [0.717, 1.165) is 25.2 Å². The first-order valence-corrected chi connectivity index (χ1v) is 7.71. The minimum Gasteiger partial charge on any atom is -0.493 e. The van der Waals surface area contributed by atoms with Crippen molar-refractivity contribution in [2.24, 2.45) is 34.2 Å². The Morgan fingerprint density at radius 1 is 1.23 bits per heavy atom. The molecule has 0 aromatic heterocycles. The van der Waals surface area contributed by atoms with Gasteiger partial charge in [-0.1, -0.05) is 24.3 Å². The van der Waals surface area contributed by atoms with Gasteiger partial charge in [-0.3, -0.25) is 4.79 Å². The number of hydrogen-bond acceptors (Lipinski definition) is 2. The summed E-state index contributed by atoms with van der Waals surface area (Å²) in [6.07, 6.45) is 6.30. The van der Waals surface area contributed by atoms with Crippen LogP contribution in [0.3, 0.4) is 0 Å². The summed E-state index contributed by atoms with van der Waals surface area (Å²) in [6, 6.07) is 6.14. The summed E-state index contributed by atoms with van der Waals surface area (Å²) in [6.45, 7) is 0.718. The maximum Gasteiger partial charge on any atom is 0.253 e. The summed E-state index contributed by atoms with van der Waals surface area (Å²) in [5, 5.41) is 0. The molecule has 2 unspecified atom stereocenters. The average Bonchev–Trinajstić information content (AvgIpc) is 3.20. The quantitative estimate of drug-likeness (QED) is 0.489. The Bertz CT molecular complexity index is 691. The maximum atomic E-state index is 12.5. The van der Waals surface area contributed by atoms with Crippen LogP contribution in [0.15, 0.2) is 35.3 Å². The van der Waals surface area contributed by atoms with Crippen LogP contribution in [0.5, 0.6) is 5.75 Å². The summed E-state index contributed by atoms with van der Waals surface area (Å²) in [7, 11) is 0. The van der Waals surface area contributed by atoms with Gasteiger partial charge in [-0.15, -0.1) is 0 Å². The van der Waals surface area contributed by atoms with E-state index in [1.165, 1.54) is 11.1 Å². The van der Waals surface area contributed by atoms with E-state index < -0.39 is 0 Å². The minimum absolute atomic E-state index is 0.155. The van der Waals surface area contributed by atoms with Crippen LogP contribution >= 0.6 is 0 Å². The minimum atomic E-state index is -0.196. The molecule has 4 rings (SSSR count). The van der Waals surface area contributed by atoms with E-state index in [4.69, 9.17) is 16.2 Å². The second-order valence-electron chi connectivity index (χ2n) is 6.30. The second-order valence-corrected chi connectivity index (χ2v) is 6.30. The fourth-order valence-electron chi connectivity index (χ4n) is 4.35. The van der Waals surface area contributed by atoms with Gasteiger partial charge in [0.2, 0.25) is 0 Å². The van der Waals surface area contributed by atoms with Crippen molar-refractivity contribution in [2.75, 3.05) is 6.61 Å². The number of carbonyl (C=O) groups is 1. The lowest BCUT2D eigenvalue weighted by Crippen LogP contribution is -2.30. The van der Waals surface area contributed by atoms with Crippen LogP contribution in [0.2, 0.25) is 0 Å². The Hall–Kier alpha value is -2.30. The lowest BCUT2D eigenvalue weighted by atomic mass is 9.76. The van der Waals surface area contributed by atoms with Gasteiger partial charge in [-0.2, -0.15) is 4.99 Å². The Kier molecular flexibility index (Phi) is 2.96. The molecule has 1 aromatic carbocycles. The van der Waals surface area contributed by atoms with Gasteiger partial charge >= 0.3 is 0 Å². The molecule has 1 amide bonds. The molecule has 2 bridgehead atoms. The first-order chi connectivity index (χ1) is 10.6. The standard InChI is InChI=1S/C17H19N3O2/c18-17(19)20-16(21)15-10-5-4-9(8-10)14(15)12-2-1-3-13-11(12)6-7-22-13/h1-5,9-10,14-15H,6-8H2,(H4,18,19,20,21)/t9?,10?,14-,15+/m1/s1. The van der Waals surface area contributed by atoms with Crippen molar-refractivity contribution in [1.29, 1.82) is 0 Å². The summed E-state index contributed by atoms with van der Waals surface area (Å²) in [4.78, 5) is 16.3. The molecule has 114 valence electrons. The Morgan fingerprint density at radius 3 is 2.86 bits per heavy atom. The number of fused-ring (bicyclic) bond motifs is 3. The Labute approximate surface area is 129 Å². The predicted octanol–water partition coefficient (Wildman–Crippen LogP) is 1.33. The van der Waals surface area contributed by atoms with Crippen LogP contribution in [0.25, 0.3) is 0 Å². The zero-order valence-corrected chi connectivity index (χ0v) is 12.2. The number of aliphatic imine (C=N–C) groups is 1. The van der Waals surface area contributed by atoms with Crippen LogP contribution in [0.4, 0.5) is 0 Å². The number of rotatable bonds is 2. The molecule has 1 aliphatic heterocycles. The van der Waals surface area contributed by atoms with Gasteiger partial charge < -0.3 is 16.2 Å². The number of amides is 1. The molecule has 4 atom stereocenters. The lowest BCUT2D eigenvalue weighted by molar-refractivity contribution is -0.122. The number of allylic oxidation sites excluding steroid dienone is 2. The number of ether oxygens (including phenoxy) is 1. The monoisotopic (exact) mass is 297 g/mol. The van der Waals surface area contributed by atoms with Crippen molar-refractivity contribution >= 4 is 11.9 Å². The average molecular weight is 297 g/mol. The topological polar surface area (TPSA) is 90.7 Å². The molecule has 2 aliphatic carbocycles. The molecule has 5 heteroatoms. The largest absolute Gasteiger partial charge is 0.493 e. The zero-order valence-electron chi connectivity index (χ0n) is 12.2. The fourth-order valence-corrected chi connectivity index (χ4v) is 4.35. The van der Waals surface area contributed by atoms with Crippen LogP contribution < -0.4 is 16.2 Å². The number of hydrogen-bond donors (Lipinski definition) is 2. The van der Waals surface area contributed by atoms with Crippen molar-refractivity contribution in [3.63, 3.8) is 0 Å². The van der Waals surface area contributed by atoms with E-state index in [2.05, 4.69) is 23.2 Å². The molecular formula is C17H19N3O2. The molecule has 1 saturated carbocycles. The maximum absolute atomic E-state index is 12.5. The van der Waals surface area contributed by atoms with Gasteiger partial charge in [0.05, 0.1) is 12.5 Å². The highest BCUT2D eigenvalue weighted by molar-refractivity contribution is 5.93. The molecule has 0 spiro atoms. The molecule has 0 saturated heterocycles. The summed E-state index contributed by atoms with van der Waals surface area (Å²) >= 11 is 0. The summed E-state index contributed by atoms with van der Waals surface area (Å²) in [5.41, 5.74) is 13.3. The van der Waals surface area contributed by atoms with Crippen molar-refractivity contribution < 1.29 is 9.53 Å². The normalized spacial score (nSPS) is 30.9. The molecule has 5 nitrogen and oxygen atoms in total. The number of nitrogens with zero attached hydrogens (tertiary/aromatic N) is 1. The van der Waals surface area contributed by atoms with Crippen LogP contribution in [0.1, 0.15) is 23.5 Å². The molecule has 4 N–H and O–H groups in total. The lowest BCUT2D eigenvalue weighted by Gasteiger charge is -2.27. The molecule has 3 aliphatic rings. The van der Waals surface area contributed by atoms with Gasteiger partial charge in [0, 0.05) is 17.9 Å². The first kappa shape index (κ1) is 13.4. The van der Waals surface area contributed by atoms with Gasteiger partial charge in [-0.25, -0.2) is 0 Å². The molecule has 1 fully saturated rings. The molecule has 1 heterocycles. The fraction of sp³-hybridized carbons (Fsp3) is 0.412. The molecule has 22 heavy (non-hydrogen) atoms. The van der Waals surface area contributed by atoms with Gasteiger partial charge in [0.15, 0.2) is 5.96 Å². The van der Waals surface area contributed by atoms with Crippen LogP contribution in [-0.2, 0) is 11.2 Å². The Morgan fingerprint density at radius 2 is 2.05 bits per heavy atom.